The van der Waals surface area contributed by atoms with E-state index in [1.807, 2.05) is 0 Å². The Morgan fingerprint density at radius 1 is 0.750 bits per heavy atom. The fourth-order valence-corrected chi connectivity index (χ4v) is 4.36. The Labute approximate surface area is 145 Å². The summed E-state index contributed by atoms with van der Waals surface area (Å²) in [7, 11) is 0. The molecular formula is C16H14Br2S2. The number of thioether (sulfide) groups is 2. The highest BCUT2D eigenvalue weighted by Crippen LogP contribution is 2.32. The van der Waals surface area contributed by atoms with E-state index in [2.05, 4.69) is 92.9 Å². The van der Waals surface area contributed by atoms with Crippen LogP contribution < -0.4 is 0 Å². The first-order valence-corrected chi connectivity index (χ1v) is 10.0. The molecule has 0 aliphatic carbocycles. The molecule has 0 fully saturated rings. The van der Waals surface area contributed by atoms with Gasteiger partial charge in [-0.25, -0.2) is 0 Å². The minimum absolute atomic E-state index is 1.12. The summed E-state index contributed by atoms with van der Waals surface area (Å²) in [5.41, 5.74) is 2.45. The molecule has 0 aromatic heterocycles. The van der Waals surface area contributed by atoms with Gasteiger partial charge in [0, 0.05) is 29.9 Å². The van der Waals surface area contributed by atoms with Gasteiger partial charge in [-0.15, -0.1) is 23.5 Å². The number of benzene rings is 2. The molecule has 0 amide bonds. The van der Waals surface area contributed by atoms with Crippen molar-refractivity contribution in [2.75, 3.05) is 12.5 Å². The summed E-state index contributed by atoms with van der Waals surface area (Å²) in [6.07, 6.45) is 8.56. The molecule has 0 radical (unpaired) electrons. The van der Waals surface area contributed by atoms with Gasteiger partial charge in [-0.1, -0.05) is 56.1 Å². The number of rotatable bonds is 4. The van der Waals surface area contributed by atoms with Crippen molar-refractivity contribution < 1.29 is 0 Å². The topological polar surface area (TPSA) is 0 Å². The van der Waals surface area contributed by atoms with E-state index in [-0.39, 0.29) is 0 Å². The number of hydrogen-bond acceptors (Lipinski definition) is 2. The van der Waals surface area contributed by atoms with Gasteiger partial charge in [-0.2, -0.15) is 0 Å². The van der Waals surface area contributed by atoms with Crippen LogP contribution in [-0.2, 0) is 0 Å². The smallest absolute Gasteiger partial charge is 0.0258 e. The van der Waals surface area contributed by atoms with Crippen LogP contribution in [0, 0.1) is 0 Å². The van der Waals surface area contributed by atoms with E-state index in [9.17, 15) is 0 Å². The summed E-state index contributed by atoms with van der Waals surface area (Å²) in [6.45, 7) is 0. The lowest BCUT2D eigenvalue weighted by Crippen LogP contribution is -1.83. The van der Waals surface area contributed by atoms with Crippen LogP contribution in [0.2, 0.25) is 0 Å². The van der Waals surface area contributed by atoms with Gasteiger partial charge in [0.2, 0.25) is 0 Å². The second kappa shape index (κ2) is 7.74. The lowest BCUT2D eigenvalue weighted by Gasteiger charge is -2.07. The maximum atomic E-state index is 3.63. The average molecular weight is 430 g/mol. The van der Waals surface area contributed by atoms with Crippen LogP contribution in [0.3, 0.4) is 0 Å². The fourth-order valence-electron chi connectivity index (χ4n) is 1.88. The van der Waals surface area contributed by atoms with E-state index in [4.69, 9.17) is 0 Å². The largest absolute Gasteiger partial charge is 0.129 e. The Balaban J connectivity index is 2.45. The summed E-state index contributed by atoms with van der Waals surface area (Å²) in [6, 6.07) is 12.6. The third-order valence-corrected chi connectivity index (χ3v) is 5.86. The maximum absolute atomic E-state index is 3.63. The molecule has 0 N–H and O–H groups in total. The second-order valence-corrected chi connectivity index (χ2v) is 7.45. The highest BCUT2D eigenvalue weighted by Gasteiger charge is 2.05. The highest BCUT2D eigenvalue weighted by molar-refractivity contribution is 9.10. The fraction of sp³-hybridized carbons (Fsp3) is 0.125. The molecule has 0 spiro atoms. The van der Waals surface area contributed by atoms with Gasteiger partial charge in [0.25, 0.3) is 0 Å². The molecule has 0 saturated carbocycles. The predicted octanol–water partition coefficient (Wildman–Crippen LogP) is 6.83. The van der Waals surface area contributed by atoms with Crippen LogP contribution in [0.4, 0.5) is 0 Å². The molecular weight excluding hydrogens is 416 g/mol. The molecule has 0 atom stereocenters. The van der Waals surface area contributed by atoms with Crippen LogP contribution in [0.15, 0.2) is 55.1 Å². The van der Waals surface area contributed by atoms with Gasteiger partial charge in [0.15, 0.2) is 0 Å². The molecule has 2 aromatic carbocycles. The van der Waals surface area contributed by atoms with Crippen molar-refractivity contribution in [2.45, 2.75) is 9.79 Å². The minimum Gasteiger partial charge on any atom is -0.129 e. The van der Waals surface area contributed by atoms with E-state index in [0.29, 0.717) is 0 Å². The first kappa shape index (κ1) is 16.2. The molecule has 0 aliphatic rings. The van der Waals surface area contributed by atoms with Crippen LogP contribution >= 0.6 is 55.4 Å². The van der Waals surface area contributed by atoms with Crippen molar-refractivity contribution in [3.05, 3.63) is 56.5 Å². The van der Waals surface area contributed by atoms with Gasteiger partial charge in [0.1, 0.15) is 0 Å². The van der Waals surface area contributed by atoms with Crippen LogP contribution in [0.25, 0.3) is 12.2 Å². The van der Waals surface area contributed by atoms with Crippen LogP contribution in [-0.4, -0.2) is 12.5 Å². The van der Waals surface area contributed by atoms with E-state index in [0.717, 1.165) is 8.95 Å². The quantitative estimate of drug-likeness (QED) is 0.386. The molecule has 0 unspecified atom stereocenters. The summed E-state index contributed by atoms with van der Waals surface area (Å²) in [5.74, 6) is 0. The van der Waals surface area contributed by atoms with E-state index < -0.39 is 0 Å². The standard InChI is InChI=1S/C16H14Br2S2/c1-19-15-7-3-5-13(17)11(15)9-10-12-14(18)6-4-8-16(12)20-2/h3-10H,1-2H3/b10-9+. The van der Waals surface area contributed by atoms with Crippen molar-refractivity contribution in [3.8, 4) is 0 Å². The summed E-state index contributed by atoms with van der Waals surface area (Å²) in [4.78, 5) is 2.54. The first-order valence-electron chi connectivity index (χ1n) is 6.00. The first-order chi connectivity index (χ1) is 9.67. The normalized spacial score (nSPS) is 11.2. The van der Waals surface area contributed by atoms with Gasteiger partial charge >= 0.3 is 0 Å². The molecule has 2 aromatic rings. The summed E-state index contributed by atoms with van der Waals surface area (Å²) >= 11 is 10.8. The van der Waals surface area contributed by atoms with Gasteiger partial charge in [-0.05, 0) is 36.8 Å². The number of halogens is 2. The molecule has 104 valence electrons. The van der Waals surface area contributed by atoms with Gasteiger partial charge < -0.3 is 0 Å². The molecule has 0 bridgehead atoms. The summed E-state index contributed by atoms with van der Waals surface area (Å²) < 4.78 is 2.25. The van der Waals surface area contributed by atoms with Gasteiger partial charge in [0.05, 0.1) is 0 Å². The third kappa shape index (κ3) is 3.73. The summed E-state index contributed by atoms with van der Waals surface area (Å²) in [5, 5.41) is 0. The zero-order valence-electron chi connectivity index (χ0n) is 11.2. The average Bonchev–Trinajstić information content (AvgIpc) is 2.46. The molecule has 4 heteroatoms. The van der Waals surface area contributed by atoms with Crippen LogP contribution in [0.1, 0.15) is 11.1 Å². The van der Waals surface area contributed by atoms with Crippen molar-refractivity contribution >= 4 is 67.5 Å². The van der Waals surface area contributed by atoms with Crippen molar-refractivity contribution in [3.63, 3.8) is 0 Å². The minimum atomic E-state index is 1.12. The molecule has 20 heavy (non-hydrogen) atoms. The molecule has 0 saturated heterocycles. The lowest BCUT2D eigenvalue weighted by molar-refractivity contribution is 1.38. The monoisotopic (exact) mass is 428 g/mol. The van der Waals surface area contributed by atoms with Crippen molar-refractivity contribution in [2.24, 2.45) is 0 Å². The van der Waals surface area contributed by atoms with E-state index in [1.54, 1.807) is 23.5 Å². The zero-order chi connectivity index (χ0) is 14.5. The van der Waals surface area contributed by atoms with Crippen LogP contribution in [0.5, 0.6) is 0 Å². The Hall–Kier alpha value is -0.160. The molecule has 2 rings (SSSR count). The second-order valence-electron chi connectivity index (χ2n) is 4.04. The van der Waals surface area contributed by atoms with E-state index in [1.165, 1.54) is 20.9 Å². The van der Waals surface area contributed by atoms with Crippen molar-refractivity contribution in [1.29, 1.82) is 0 Å². The maximum Gasteiger partial charge on any atom is 0.0258 e. The molecule has 0 aliphatic heterocycles. The van der Waals surface area contributed by atoms with Crippen molar-refractivity contribution in [1.82, 2.24) is 0 Å². The Bertz CT molecular complexity index is 581. The Morgan fingerprint density at radius 3 is 1.50 bits per heavy atom. The Kier molecular flexibility index (Phi) is 6.27. The highest BCUT2D eigenvalue weighted by atomic mass is 79.9. The zero-order valence-corrected chi connectivity index (χ0v) is 16.0. The van der Waals surface area contributed by atoms with Gasteiger partial charge in [-0.3, -0.25) is 0 Å². The third-order valence-electron chi connectivity index (χ3n) is 2.88. The number of hydrogen-bond donors (Lipinski definition) is 0. The molecule has 0 heterocycles. The predicted molar refractivity (Wildman–Crippen MR) is 101 cm³/mol. The molecule has 0 nitrogen and oxygen atoms in total. The lowest BCUT2D eigenvalue weighted by atomic mass is 10.1. The SMILES string of the molecule is CSc1cccc(Br)c1/C=C/c1c(Br)cccc1SC. The Morgan fingerprint density at radius 2 is 1.15 bits per heavy atom. The van der Waals surface area contributed by atoms with E-state index >= 15 is 0 Å².